The highest BCUT2D eigenvalue weighted by Gasteiger charge is 2.10. The lowest BCUT2D eigenvalue weighted by molar-refractivity contribution is 0.103. The number of ketones is 1. The number of carbonyl (C=O) groups is 1. The zero-order valence-electron chi connectivity index (χ0n) is 13.0. The van der Waals surface area contributed by atoms with Crippen molar-refractivity contribution in [1.82, 2.24) is 0 Å². The fourth-order valence-corrected chi connectivity index (χ4v) is 2.24. The quantitative estimate of drug-likeness (QED) is 0.799. The molecule has 4 heteroatoms. The maximum Gasteiger partial charge on any atom is 0.193 e. The molecule has 0 saturated carbocycles. The normalized spacial score (nSPS) is 12.0. The second kappa shape index (κ2) is 7.20. The van der Waals surface area contributed by atoms with Crippen LogP contribution in [0.2, 0.25) is 0 Å². The number of hydrogen-bond acceptors (Lipinski definition) is 4. The smallest absolute Gasteiger partial charge is 0.193 e. The summed E-state index contributed by atoms with van der Waals surface area (Å²) in [6.07, 6.45) is 0.600. The molecule has 0 amide bonds. The molecule has 22 heavy (non-hydrogen) atoms. The van der Waals surface area contributed by atoms with E-state index in [2.05, 4.69) is 0 Å². The number of anilines is 1. The molecule has 0 aromatic heterocycles. The van der Waals surface area contributed by atoms with Gasteiger partial charge in [-0.3, -0.25) is 4.79 Å². The molecule has 4 nitrogen and oxygen atoms in total. The van der Waals surface area contributed by atoms with E-state index in [0.717, 1.165) is 11.3 Å². The van der Waals surface area contributed by atoms with E-state index in [-0.39, 0.29) is 18.4 Å². The molecular formula is C18H22N2O2. The number of aliphatic hydroxyl groups excluding tert-OH is 1. The van der Waals surface area contributed by atoms with Crippen LogP contribution in [0, 0.1) is 0 Å². The van der Waals surface area contributed by atoms with E-state index in [0.29, 0.717) is 17.5 Å². The number of hydrogen-bond donors (Lipinski definition) is 2. The fourth-order valence-electron chi connectivity index (χ4n) is 2.24. The number of nitrogens with two attached hydrogens (primary N) is 1. The molecule has 1 atom stereocenters. The molecule has 0 bridgehead atoms. The van der Waals surface area contributed by atoms with Gasteiger partial charge in [0.05, 0.1) is 6.61 Å². The largest absolute Gasteiger partial charge is 0.395 e. The minimum Gasteiger partial charge on any atom is -0.395 e. The zero-order valence-corrected chi connectivity index (χ0v) is 13.0. The Labute approximate surface area is 131 Å². The van der Waals surface area contributed by atoms with E-state index >= 15 is 0 Å². The molecule has 0 aliphatic rings. The lowest BCUT2D eigenvalue weighted by Crippen LogP contribution is -2.26. The molecular weight excluding hydrogens is 276 g/mol. The molecule has 1 unspecified atom stereocenters. The van der Waals surface area contributed by atoms with Gasteiger partial charge >= 0.3 is 0 Å². The first-order valence-electron chi connectivity index (χ1n) is 7.28. The predicted molar refractivity (Wildman–Crippen MR) is 89.4 cm³/mol. The van der Waals surface area contributed by atoms with Gasteiger partial charge in [0, 0.05) is 37.0 Å². The topological polar surface area (TPSA) is 66.6 Å². The molecule has 0 fully saturated rings. The van der Waals surface area contributed by atoms with Crippen LogP contribution in [0.1, 0.15) is 21.5 Å². The zero-order chi connectivity index (χ0) is 16.1. The highest BCUT2D eigenvalue weighted by Crippen LogP contribution is 2.16. The van der Waals surface area contributed by atoms with Crippen LogP contribution in [0.4, 0.5) is 5.69 Å². The molecule has 2 aromatic rings. The van der Waals surface area contributed by atoms with Crippen LogP contribution in [-0.4, -0.2) is 37.6 Å². The van der Waals surface area contributed by atoms with Crippen molar-refractivity contribution in [3.8, 4) is 0 Å². The second-order valence-electron chi connectivity index (χ2n) is 5.61. The van der Waals surface area contributed by atoms with E-state index in [9.17, 15) is 4.79 Å². The van der Waals surface area contributed by atoms with Gasteiger partial charge in [-0.25, -0.2) is 0 Å². The van der Waals surface area contributed by atoms with Gasteiger partial charge in [0.15, 0.2) is 5.78 Å². The Hall–Kier alpha value is -2.17. The number of carbonyl (C=O) groups excluding carboxylic acids is 1. The molecule has 0 aliphatic carbocycles. The van der Waals surface area contributed by atoms with Crippen molar-refractivity contribution in [3.05, 3.63) is 65.2 Å². The van der Waals surface area contributed by atoms with Gasteiger partial charge in [0.2, 0.25) is 0 Å². The fraction of sp³-hybridized carbons (Fsp3) is 0.278. The summed E-state index contributed by atoms with van der Waals surface area (Å²) in [6, 6.07) is 14.7. The van der Waals surface area contributed by atoms with Crippen LogP contribution < -0.4 is 10.6 Å². The van der Waals surface area contributed by atoms with Crippen molar-refractivity contribution in [2.45, 2.75) is 12.5 Å². The minimum atomic E-state index is -0.264. The number of nitrogens with zero attached hydrogens (tertiary/aromatic N) is 1. The third-order valence-corrected chi connectivity index (χ3v) is 3.59. The second-order valence-corrected chi connectivity index (χ2v) is 5.61. The van der Waals surface area contributed by atoms with Gasteiger partial charge in [-0.2, -0.15) is 0 Å². The number of aliphatic hydroxyl groups is 1. The summed E-state index contributed by atoms with van der Waals surface area (Å²) < 4.78 is 0. The van der Waals surface area contributed by atoms with E-state index < -0.39 is 0 Å². The summed E-state index contributed by atoms with van der Waals surface area (Å²) in [6.45, 7) is -0.0428. The van der Waals surface area contributed by atoms with Crippen molar-refractivity contribution < 1.29 is 9.90 Å². The van der Waals surface area contributed by atoms with Crippen LogP contribution in [0.15, 0.2) is 48.5 Å². The van der Waals surface area contributed by atoms with Crippen LogP contribution in [0.25, 0.3) is 0 Å². The highest BCUT2D eigenvalue weighted by molar-refractivity contribution is 6.09. The minimum absolute atomic E-state index is 0.00307. The lowest BCUT2D eigenvalue weighted by Gasteiger charge is -2.12. The molecule has 0 spiro atoms. The molecule has 0 radical (unpaired) electrons. The molecule has 0 heterocycles. The summed E-state index contributed by atoms with van der Waals surface area (Å²) in [4.78, 5) is 14.4. The van der Waals surface area contributed by atoms with Gasteiger partial charge < -0.3 is 15.7 Å². The molecule has 3 N–H and O–H groups in total. The average Bonchev–Trinajstić information content (AvgIpc) is 2.55. The van der Waals surface area contributed by atoms with Gasteiger partial charge in [0.1, 0.15) is 0 Å². The van der Waals surface area contributed by atoms with Crippen LogP contribution in [-0.2, 0) is 6.42 Å². The maximum atomic E-state index is 12.4. The van der Waals surface area contributed by atoms with Crippen molar-refractivity contribution in [2.75, 3.05) is 25.6 Å². The number of benzene rings is 2. The molecule has 2 rings (SSSR count). The third kappa shape index (κ3) is 3.93. The lowest BCUT2D eigenvalue weighted by atomic mass is 10.00. The van der Waals surface area contributed by atoms with Gasteiger partial charge in [0.25, 0.3) is 0 Å². The first-order valence-corrected chi connectivity index (χ1v) is 7.28. The Morgan fingerprint density at radius 1 is 1.05 bits per heavy atom. The van der Waals surface area contributed by atoms with Gasteiger partial charge in [-0.05, 0) is 36.2 Å². The van der Waals surface area contributed by atoms with Crippen molar-refractivity contribution in [2.24, 2.45) is 5.73 Å². The molecule has 2 aromatic carbocycles. The summed E-state index contributed by atoms with van der Waals surface area (Å²) in [5.41, 5.74) is 9.11. The summed E-state index contributed by atoms with van der Waals surface area (Å²) >= 11 is 0. The Balaban J connectivity index is 2.12. The average molecular weight is 298 g/mol. The predicted octanol–water partition coefficient (Wildman–Crippen LogP) is 1.85. The Kier molecular flexibility index (Phi) is 5.31. The summed E-state index contributed by atoms with van der Waals surface area (Å²) in [5.74, 6) is 0.00307. The van der Waals surface area contributed by atoms with Gasteiger partial charge in [-0.1, -0.05) is 24.3 Å². The Bertz CT molecular complexity index is 619. The third-order valence-electron chi connectivity index (χ3n) is 3.59. The molecule has 116 valence electrons. The van der Waals surface area contributed by atoms with Crippen LogP contribution in [0.5, 0.6) is 0 Å². The number of rotatable bonds is 6. The van der Waals surface area contributed by atoms with Crippen molar-refractivity contribution in [3.63, 3.8) is 0 Å². The van der Waals surface area contributed by atoms with E-state index in [1.165, 1.54) is 0 Å². The monoisotopic (exact) mass is 298 g/mol. The first-order chi connectivity index (χ1) is 10.5. The summed E-state index contributed by atoms with van der Waals surface area (Å²) in [7, 11) is 3.93. The van der Waals surface area contributed by atoms with E-state index in [1.54, 1.807) is 0 Å². The van der Waals surface area contributed by atoms with Crippen LogP contribution in [0.3, 0.4) is 0 Å². The van der Waals surface area contributed by atoms with Crippen LogP contribution >= 0.6 is 0 Å². The Morgan fingerprint density at radius 3 is 2.00 bits per heavy atom. The first kappa shape index (κ1) is 16.2. The molecule has 0 saturated heterocycles. The molecule has 0 aliphatic heterocycles. The standard InChI is InChI=1S/C18H22N2O2/c1-20(2)17-9-7-15(8-10-17)18(22)14-5-3-13(4-6-14)11-16(19)12-21/h3-10,16,21H,11-12,19H2,1-2H3. The van der Waals surface area contributed by atoms with E-state index in [4.69, 9.17) is 10.8 Å². The van der Waals surface area contributed by atoms with E-state index in [1.807, 2.05) is 67.5 Å². The SMILES string of the molecule is CN(C)c1ccc(C(=O)c2ccc(CC(N)CO)cc2)cc1. The summed E-state index contributed by atoms with van der Waals surface area (Å²) in [5, 5.41) is 8.97. The van der Waals surface area contributed by atoms with Crippen molar-refractivity contribution in [1.29, 1.82) is 0 Å². The van der Waals surface area contributed by atoms with Gasteiger partial charge in [-0.15, -0.1) is 0 Å². The Morgan fingerprint density at radius 2 is 1.55 bits per heavy atom. The van der Waals surface area contributed by atoms with Crippen molar-refractivity contribution >= 4 is 11.5 Å². The highest BCUT2D eigenvalue weighted by atomic mass is 16.3. The maximum absolute atomic E-state index is 12.4.